The maximum atomic E-state index is 10.9. The van der Waals surface area contributed by atoms with E-state index in [1.807, 2.05) is 0 Å². The Bertz CT molecular complexity index is 493. The van der Waals surface area contributed by atoms with Crippen LogP contribution < -0.4 is 10.6 Å². The molecule has 0 saturated heterocycles. The van der Waals surface area contributed by atoms with Gasteiger partial charge in [0.1, 0.15) is 11.6 Å². The number of pyridine rings is 1. The standard InChI is InChI=1S/C11H13N5O2/c12-7-8-3-4-14-11(10(8)16(17)18)15-6-5-13-9-1-2-9/h3-4,9,13H,1-2,5-6H2,(H,14,15). The first-order chi connectivity index (χ1) is 8.72. The topological polar surface area (TPSA) is 104 Å². The Morgan fingerprint density at radius 2 is 2.33 bits per heavy atom. The fraction of sp³-hybridized carbons (Fsp3) is 0.455. The summed E-state index contributed by atoms with van der Waals surface area (Å²) in [4.78, 5) is 14.2. The fourth-order valence-electron chi connectivity index (χ4n) is 1.60. The van der Waals surface area contributed by atoms with Gasteiger partial charge in [0, 0.05) is 25.3 Å². The molecule has 1 aromatic heterocycles. The number of nitro groups is 1. The molecule has 0 bridgehead atoms. The summed E-state index contributed by atoms with van der Waals surface area (Å²) >= 11 is 0. The first-order valence-corrected chi connectivity index (χ1v) is 5.73. The average molecular weight is 247 g/mol. The minimum absolute atomic E-state index is 0.0210. The van der Waals surface area contributed by atoms with Crippen LogP contribution in [-0.4, -0.2) is 29.0 Å². The Hall–Kier alpha value is -2.20. The summed E-state index contributed by atoms with van der Waals surface area (Å²) in [5.41, 5.74) is -0.237. The SMILES string of the molecule is N#Cc1ccnc(NCCNC2CC2)c1[N+](=O)[O-]. The Morgan fingerprint density at radius 1 is 1.56 bits per heavy atom. The third-order valence-corrected chi connectivity index (χ3v) is 2.66. The minimum atomic E-state index is -0.581. The highest BCUT2D eigenvalue weighted by molar-refractivity contribution is 5.63. The van der Waals surface area contributed by atoms with Crippen LogP contribution in [0.4, 0.5) is 11.5 Å². The van der Waals surface area contributed by atoms with Gasteiger partial charge < -0.3 is 10.6 Å². The number of hydrogen-bond donors (Lipinski definition) is 2. The van der Waals surface area contributed by atoms with E-state index < -0.39 is 4.92 Å². The average Bonchev–Trinajstić information content (AvgIpc) is 3.18. The minimum Gasteiger partial charge on any atom is -0.363 e. The molecule has 1 saturated carbocycles. The summed E-state index contributed by atoms with van der Waals surface area (Å²) < 4.78 is 0. The second-order valence-electron chi connectivity index (χ2n) is 4.08. The number of aromatic nitrogens is 1. The molecule has 94 valence electrons. The number of nitrogens with one attached hydrogen (secondary N) is 2. The van der Waals surface area contributed by atoms with E-state index in [-0.39, 0.29) is 17.1 Å². The molecule has 0 atom stereocenters. The third-order valence-electron chi connectivity index (χ3n) is 2.66. The largest absolute Gasteiger partial charge is 0.363 e. The predicted molar refractivity (Wildman–Crippen MR) is 65.1 cm³/mol. The van der Waals surface area contributed by atoms with E-state index in [9.17, 15) is 10.1 Å². The van der Waals surface area contributed by atoms with E-state index in [2.05, 4.69) is 15.6 Å². The van der Waals surface area contributed by atoms with Gasteiger partial charge in [-0.15, -0.1) is 0 Å². The maximum Gasteiger partial charge on any atom is 0.328 e. The Morgan fingerprint density at radius 3 is 2.94 bits per heavy atom. The molecular weight excluding hydrogens is 234 g/mol. The zero-order valence-electron chi connectivity index (χ0n) is 9.72. The van der Waals surface area contributed by atoms with Crippen molar-refractivity contribution in [1.82, 2.24) is 10.3 Å². The van der Waals surface area contributed by atoms with Crippen LogP contribution in [0.3, 0.4) is 0 Å². The molecule has 18 heavy (non-hydrogen) atoms. The number of hydrogen-bond acceptors (Lipinski definition) is 6. The van der Waals surface area contributed by atoms with E-state index in [1.165, 1.54) is 25.1 Å². The van der Waals surface area contributed by atoms with Crippen molar-refractivity contribution in [3.8, 4) is 6.07 Å². The zero-order chi connectivity index (χ0) is 13.0. The molecule has 0 amide bonds. The second kappa shape index (κ2) is 5.42. The molecule has 0 radical (unpaired) electrons. The van der Waals surface area contributed by atoms with Crippen LogP contribution in [0.2, 0.25) is 0 Å². The lowest BCUT2D eigenvalue weighted by Gasteiger charge is -2.07. The van der Waals surface area contributed by atoms with Gasteiger partial charge >= 0.3 is 5.69 Å². The Balaban J connectivity index is 2.01. The summed E-state index contributed by atoms with van der Waals surface area (Å²) in [7, 11) is 0. The summed E-state index contributed by atoms with van der Waals surface area (Å²) in [6, 6.07) is 3.74. The van der Waals surface area contributed by atoms with Gasteiger partial charge in [0.2, 0.25) is 5.82 Å². The van der Waals surface area contributed by atoms with Gasteiger partial charge in [-0.1, -0.05) is 0 Å². The van der Waals surface area contributed by atoms with E-state index in [1.54, 1.807) is 6.07 Å². The van der Waals surface area contributed by atoms with E-state index in [0.717, 1.165) is 6.54 Å². The molecule has 7 nitrogen and oxygen atoms in total. The van der Waals surface area contributed by atoms with Crippen LogP contribution in [0.1, 0.15) is 18.4 Å². The van der Waals surface area contributed by atoms with Crippen molar-refractivity contribution < 1.29 is 4.92 Å². The van der Waals surface area contributed by atoms with Crippen LogP contribution in [0.5, 0.6) is 0 Å². The molecule has 2 rings (SSSR count). The number of nitriles is 1. The van der Waals surface area contributed by atoms with Gasteiger partial charge in [-0.05, 0) is 18.9 Å². The molecule has 0 unspecified atom stereocenters. The lowest BCUT2D eigenvalue weighted by molar-refractivity contribution is -0.384. The van der Waals surface area contributed by atoms with Gasteiger partial charge in [-0.25, -0.2) is 4.98 Å². The molecule has 7 heteroatoms. The van der Waals surface area contributed by atoms with Crippen molar-refractivity contribution in [3.05, 3.63) is 27.9 Å². The number of rotatable bonds is 6. The predicted octanol–water partition coefficient (Wildman–Crippen LogP) is 1.03. The summed E-state index contributed by atoms with van der Waals surface area (Å²) in [6.07, 6.45) is 3.78. The fourth-order valence-corrected chi connectivity index (χ4v) is 1.60. The van der Waals surface area contributed by atoms with Gasteiger partial charge in [0.05, 0.1) is 4.92 Å². The molecule has 0 aliphatic heterocycles. The third kappa shape index (κ3) is 2.93. The van der Waals surface area contributed by atoms with Gasteiger partial charge in [-0.2, -0.15) is 5.26 Å². The van der Waals surface area contributed by atoms with Crippen molar-refractivity contribution >= 4 is 11.5 Å². The quantitative estimate of drug-likeness (QED) is 0.442. The van der Waals surface area contributed by atoms with Crippen LogP contribution in [0, 0.1) is 21.4 Å². The summed E-state index contributed by atoms with van der Waals surface area (Å²) in [6.45, 7) is 1.26. The smallest absolute Gasteiger partial charge is 0.328 e. The Kier molecular flexibility index (Phi) is 3.69. The molecular formula is C11H13N5O2. The number of anilines is 1. The molecule has 2 N–H and O–H groups in total. The maximum absolute atomic E-state index is 10.9. The van der Waals surface area contributed by atoms with Crippen molar-refractivity contribution in [3.63, 3.8) is 0 Å². The van der Waals surface area contributed by atoms with Crippen molar-refractivity contribution in [2.75, 3.05) is 18.4 Å². The second-order valence-corrected chi connectivity index (χ2v) is 4.08. The van der Waals surface area contributed by atoms with Crippen molar-refractivity contribution in [1.29, 1.82) is 5.26 Å². The lowest BCUT2D eigenvalue weighted by Crippen LogP contribution is -2.24. The van der Waals surface area contributed by atoms with E-state index in [0.29, 0.717) is 12.6 Å². The first kappa shape index (κ1) is 12.3. The first-order valence-electron chi connectivity index (χ1n) is 5.73. The molecule has 1 aromatic rings. The summed E-state index contributed by atoms with van der Waals surface area (Å²) in [5.74, 6) is 0.150. The highest BCUT2D eigenvalue weighted by Crippen LogP contribution is 2.25. The highest BCUT2D eigenvalue weighted by Gasteiger charge is 2.22. The van der Waals surface area contributed by atoms with Crippen LogP contribution in [0.15, 0.2) is 12.3 Å². The van der Waals surface area contributed by atoms with E-state index in [4.69, 9.17) is 5.26 Å². The molecule has 1 heterocycles. The number of nitrogens with zero attached hydrogens (tertiary/aromatic N) is 3. The normalized spacial score (nSPS) is 13.9. The summed E-state index contributed by atoms with van der Waals surface area (Å²) in [5, 5.41) is 25.9. The van der Waals surface area contributed by atoms with Crippen molar-refractivity contribution in [2.24, 2.45) is 0 Å². The van der Waals surface area contributed by atoms with Crippen LogP contribution >= 0.6 is 0 Å². The zero-order valence-corrected chi connectivity index (χ0v) is 9.72. The van der Waals surface area contributed by atoms with Crippen LogP contribution in [0.25, 0.3) is 0 Å². The molecule has 1 aliphatic carbocycles. The van der Waals surface area contributed by atoms with Crippen LogP contribution in [-0.2, 0) is 0 Å². The highest BCUT2D eigenvalue weighted by atomic mass is 16.6. The lowest BCUT2D eigenvalue weighted by atomic mass is 10.2. The van der Waals surface area contributed by atoms with E-state index >= 15 is 0 Å². The Labute approximate surface area is 104 Å². The van der Waals surface area contributed by atoms with Gasteiger partial charge in [0.25, 0.3) is 0 Å². The molecule has 1 aliphatic rings. The molecule has 0 aromatic carbocycles. The van der Waals surface area contributed by atoms with Gasteiger partial charge in [0.15, 0.2) is 0 Å². The molecule has 0 spiro atoms. The van der Waals surface area contributed by atoms with Crippen molar-refractivity contribution in [2.45, 2.75) is 18.9 Å². The molecule has 1 fully saturated rings. The monoisotopic (exact) mass is 247 g/mol. The van der Waals surface area contributed by atoms with Gasteiger partial charge in [-0.3, -0.25) is 10.1 Å².